The first-order valence-corrected chi connectivity index (χ1v) is 12.9. The van der Waals surface area contributed by atoms with E-state index >= 15 is 0 Å². The van der Waals surface area contributed by atoms with Crippen molar-refractivity contribution in [3.8, 4) is 11.5 Å². The van der Waals surface area contributed by atoms with Crippen LogP contribution in [0.4, 0.5) is 0 Å². The number of amides is 3. The lowest BCUT2D eigenvalue weighted by atomic mass is 10.0. The van der Waals surface area contributed by atoms with Gasteiger partial charge in [0.15, 0.2) is 0 Å². The van der Waals surface area contributed by atoms with Crippen LogP contribution in [0, 0.1) is 5.92 Å². The SMILES string of the molecule is C=C(C)C(=O)OCCNC(=O)CCC(=O)OC[C@H](C[C@H](C)C(=O)NO)NC(=O)c1ccc(Oc2ccccc2)cc1. The highest BCUT2D eigenvalue weighted by Gasteiger charge is 2.23. The zero-order chi connectivity index (χ0) is 30.2. The fraction of sp³-hybridized carbons (Fsp3) is 0.345. The second-order valence-corrected chi connectivity index (χ2v) is 9.17. The van der Waals surface area contributed by atoms with E-state index in [-0.39, 0.29) is 44.6 Å². The summed E-state index contributed by atoms with van der Waals surface area (Å²) in [4.78, 5) is 60.2. The Morgan fingerprint density at radius 2 is 1.59 bits per heavy atom. The van der Waals surface area contributed by atoms with E-state index in [1.165, 1.54) is 6.92 Å². The number of esters is 2. The molecule has 2 atom stereocenters. The molecule has 12 heteroatoms. The number of para-hydroxylation sites is 1. The molecule has 2 rings (SSSR count). The molecular weight excluding hydrogens is 534 g/mol. The van der Waals surface area contributed by atoms with Gasteiger partial charge in [-0.15, -0.1) is 0 Å². The first-order valence-electron chi connectivity index (χ1n) is 12.9. The van der Waals surface area contributed by atoms with Crippen LogP contribution in [0.2, 0.25) is 0 Å². The number of rotatable bonds is 16. The maximum Gasteiger partial charge on any atom is 0.333 e. The number of hydrogen-bond acceptors (Lipinski definition) is 9. The first-order chi connectivity index (χ1) is 19.6. The fourth-order valence-electron chi connectivity index (χ4n) is 3.41. The molecule has 0 radical (unpaired) electrons. The zero-order valence-electron chi connectivity index (χ0n) is 23.0. The van der Waals surface area contributed by atoms with Crippen LogP contribution in [0.3, 0.4) is 0 Å². The van der Waals surface area contributed by atoms with Crippen LogP contribution in [-0.4, -0.2) is 60.7 Å². The van der Waals surface area contributed by atoms with Gasteiger partial charge in [-0.3, -0.25) is 24.4 Å². The number of ether oxygens (including phenoxy) is 3. The van der Waals surface area contributed by atoms with Crippen LogP contribution >= 0.6 is 0 Å². The minimum atomic E-state index is -0.768. The van der Waals surface area contributed by atoms with Gasteiger partial charge in [-0.25, -0.2) is 10.3 Å². The molecule has 0 aliphatic carbocycles. The predicted octanol–water partition coefficient (Wildman–Crippen LogP) is 2.67. The van der Waals surface area contributed by atoms with Gasteiger partial charge < -0.3 is 24.8 Å². The van der Waals surface area contributed by atoms with Crippen LogP contribution in [0.25, 0.3) is 0 Å². The second kappa shape index (κ2) is 17.1. The molecular formula is C29H35N3O9. The topological polar surface area (TPSA) is 169 Å². The molecule has 0 saturated carbocycles. The molecule has 0 fully saturated rings. The van der Waals surface area contributed by atoms with E-state index in [0.717, 1.165) is 0 Å². The minimum absolute atomic E-state index is 0.0361. The fourth-order valence-corrected chi connectivity index (χ4v) is 3.41. The number of carbonyl (C=O) groups is 5. The highest BCUT2D eigenvalue weighted by atomic mass is 16.5. The lowest BCUT2D eigenvalue weighted by Gasteiger charge is -2.21. The van der Waals surface area contributed by atoms with Gasteiger partial charge in [-0.05, 0) is 49.7 Å². The third-order valence-corrected chi connectivity index (χ3v) is 5.63. The van der Waals surface area contributed by atoms with Gasteiger partial charge >= 0.3 is 11.9 Å². The Morgan fingerprint density at radius 1 is 0.927 bits per heavy atom. The molecule has 2 aromatic rings. The quantitative estimate of drug-likeness (QED) is 0.0780. The normalized spacial score (nSPS) is 11.8. The predicted molar refractivity (Wildman–Crippen MR) is 147 cm³/mol. The molecule has 0 aromatic heterocycles. The summed E-state index contributed by atoms with van der Waals surface area (Å²) in [6.45, 7) is 6.27. The molecule has 0 spiro atoms. The van der Waals surface area contributed by atoms with E-state index in [9.17, 15) is 24.0 Å². The molecule has 0 bridgehead atoms. The van der Waals surface area contributed by atoms with Crippen molar-refractivity contribution in [3.63, 3.8) is 0 Å². The highest BCUT2D eigenvalue weighted by molar-refractivity contribution is 5.94. The number of nitrogens with one attached hydrogen (secondary N) is 3. The summed E-state index contributed by atoms with van der Waals surface area (Å²) in [6.07, 6.45) is -0.331. The summed E-state index contributed by atoms with van der Waals surface area (Å²) < 4.78 is 15.8. The number of carbonyl (C=O) groups excluding carboxylic acids is 5. The molecule has 12 nitrogen and oxygen atoms in total. The highest BCUT2D eigenvalue weighted by Crippen LogP contribution is 2.21. The Kier molecular flexibility index (Phi) is 13.5. The first kappa shape index (κ1) is 32.5. The number of benzene rings is 2. The van der Waals surface area contributed by atoms with E-state index in [4.69, 9.17) is 19.4 Å². The lowest BCUT2D eigenvalue weighted by molar-refractivity contribution is -0.145. The Hall–Kier alpha value is -4.71. The second-order valence-electron chi connectivity index (χ2n) is 9.17. The van der Waals surface area contributed by atoms with E-state index in [2.05, 4.69) is 17.2 Å². The van der Waals surface area contributed by atoms with Gasteiger partial charge in [0, 0.05) is 23.5 Å². The van der Waals surface area contributed by atoms with Gasteiger partial charge in [0.25, 0.3) is 5.91 Å². The molecule has 41 heavy (non-hydrogen) atoms. The molecule has 0 aliphatic heterocycles. The summed E-state index contributed by atoms with van der Waals surface area (Å²) in [5, 5.41) is 14.2. The maximum atomic E-state index is 12.9. The van der Waals surface area contributed by atoms with Crippen molar-refractivity contribution < 1.29 is 43.4 Å². The molecule has 3 amide bonds. The summed E-state index contributed by atoms with van der Waals surface area (Å²) in [5.41, 5.74) is 2.12. The van der Waals surface area contributed by atoms with Crippen molar-refractivity contribution in [2.45, 2.75) is 39.2 Å². The van der Waals surface area contributed by atoms with Gasteiger partial charge in [0.1, 0.15) is 24.7 Å². The molecule has 0 aliphatic rings. The van der Waals surface area contributed by atoms with Crippen molar-refractivity contribution in [2.24, 2.45) is 5.92 Å². The molecule has 0 heterocycles. The van der Waals surface area contributed by atoms with Crippen molar-refractivity contribution in [3.05, 3.63) is 72.3 Å². The van der Waals surface area contributed by atoms with E-state index < -0.39 is 41.6 Å². The Bertz CT molecular complexity index is 1200. The number of hydrogen-bond donors (Lipinski definition) is 4. The average molecular weight is 570 g/mol. The summed E-state index contributed by atoms with van der Waals surface area (Å²) >= 11 is 0. The Morgan fingerprint density at radius 3 is 2.22 bits per heavy atom. The van der Waals surface area contributed by atoms with Gasteiger partial charge in [-0.1, -0.05) is 31.7 Å². The molecule has 220 valence electrons. The number of hydroxylamine groups is 1. The van der Waals surface area contributed by atoms with Crippen molar-refractivity contribution >= 4 is 29.7 Å². The Labute approximate surface area is 238 Å². The van der Waals surface area contributed by atoms with E-state index in [1.54, 1.807) is 48.8 Å². The minimum Gasteiger partial charge on any atom is -0.463 e. The van der Waals surface area contributed by atoms with Crippen LogP contribution in [-0.2, 0) is 28.7 Å². The van der Waals surface area contributed by atoms with Gasteiger partial charge in [0.05, 0.1) is 19.0 Å². The van der Waals surface area contributed by atoms with Crippen molar-refractivity contribution in [2.75, 3.05) is 19.8 Å². The monoisotopic (exact) mass is 569 g/mol. The third-order valence-electron chi connectivity index (χ3n) is 5.63. The van der Waals surface area contributed by atoms with Crippen LogP contribution in [0.15, 0.2) is 66.7 Å². The molecule has 0 saturated heterocycles. The maximum absolute atomic E-state index is 12.9. The summed E-state index contributed by atoms with van der Waals surface area (Å²) in [5.74, 6) is -2.36. The smallest absolute Gasteiger partial charge is 0.333 e. The van der Waals surface area contributed by atoms with Crippen LogP contribution in [0.5, 0.6) is 11.5 Å². The van der Waals surface area contributed by atoms with E-state index in [0.29, 0.717) is 17.1 Å². The molecule has 0 unspecified atom stereocenters. The Balaban J connectivity index is 1.87. The van der Waals surface area contributed by atoms with Crippen LogP contribution in [0.1, 0.15) is 43.5 Å². The van der Waals surface area contributed by atoms with Crippen LogP contribution < -0.4 is 20.9 Å². The standard InChI is InChI=1S/C29H35N3O9/c1-19(2)29(37)39-16-15-30-25(33)13-14-26(34)40-18-22(17-20(3)27(35)32-38)31-28(36)21-9-11-24(12-10-21)41-23-7-5-4-6-8-23/h4-12,20,22,38H,1,13-18H2,2-3H3,(H,30,33)(H,31,36)(H,32,35)/t20-,22-/m0/s1. The molecule has 2 aromatic carbocycles. The van der Waals surface area contributed by atoms with Gasteiger partial charge in [0.2, 0.25) is 11.8 Å². The average Bonchev–Trinajstić information content (AvgIpc) is 2.97. The lowest BCUT2D eigenvalue weighted by Crippen LogP contribution is -2.42. The molecule has 4 N–H and O–H groups in total. The zero-order valence-corrected chi connectivity index (χ0v) is 23.0. The summed E-state index contributed by atoms with van der Waals surface area (Å²) in [7, 11) is 0. The van der Waals surface area contributed by atoms with E-state index in [1.807, 2.05) is 18.2 Å². The summed E-state index contributed by atoms with van der Waals surface area (Å²) in [6, 6.07) is 14.8. The van der Waals surface area contributed by atoms with Gasteiger partial charge in [-0.2, -0.15) is 0 Å². The van der Waals surface area contributed by atoms with Crippen molar-refractivity contribution in [1.82, 2.24) is 16.1 Å². The van der Waals surface area contributed by atoms with Crippen molar-refractivity contribution in [1.29, 1.82) is 0 Å². The largest absolute Gasteiger partial charge is 0.463 e. The third kappa shape index (κ3) is 12.3.